The number of amides is 1. The monoisotopic (exact) mass is 660 g/mol. The molecule has 6 rings (SSSR count). The highest BCUT2D eigenvalue weighted by Crippen LogP contribution is 2.43. The van der Waals surface area contributed by atoms with Gasteiger partial charge >= 0.3 is 5.97 Å². The van der Waals surface area contributed by atoms with E-state index in [-0.39, 0.29) is 36.2 Å². The van der Waals surface area contributed by atoms with Gasteiger partial charge < -0.3 is 25.0 Å². The maximum Gasteiger partial charge on any atom is 0.335 e. The number of carbonyl (C=O) groups excluding carboxylic acids is 1. The molecule has 1 saturated heterocycles. The molecule has 0 aliphatic carbocycles. The zero-order chi connectivity index (χ0) is 33.5. The normalized spacial score (nSPS) is 19.0. The van der Waals surface area contributed by atoms with Crippen molar-refractivity contribution in [3.05, 3.63) is 155 Å². The predicted octanol–water partition coefficient (Wildman–Crippen LogP) is 7.45. The van der Waals surface area contributed by atoms with E-state index in [4.69, 9.17) is 9.47 Å². The number of benzene rings is 4. The zero-order valence-corrected chi connectivity index (χ0v) is 27.2. The third kappa shape index (κ3) is 8.00. The molecule has 0 unspecified atom stereocenters. The van der Waals surface area contributed by atoms with E-state index < -0.39 is 12.3 Å². The first kappa shape index (κ1) is 33.1. The molecule has 244 valence electrons. The number of carboxylic acid groups (broad SMARTS) is 1. The number of thioether (sulfide) groups is 1. The number of aromatic nitrogens is 1. The first-order valence-electron chi connectivity index (χ1n) is 15.7. The molecule has 48 heavy (non-hydrogen) atoms. The SMILES string of the molecule is C[C@H]1[C@@H](CSc2ccc(C(=O)O)cc2)O[C@@H](c2cccc(-c3cccc(CNC(=O)c4cccnc4)c3)c2)O[C@H]1c1ccc(CO)cc1. The third-order valence-electron chi connectivity index (χ3n) is 8.43. The molecule has 0 radical (unpaired) electrons. The Morgan fingerprint density at radius 3 is 2.27 bits per heavy atom. The van der Waals surface area contributed by atoms with Crippen molar-refractivity contribution in [2.45, 2.75) is 43.5 Å². The maximum atomic E-state index is 12.6. The lowest BCUT2D eigenvalue weighted by atomic mass is 9.91. The van der Waals surface area contributed by atoms with E-state index in [0.717, 1.165) is 38.3 Å². The molecule has 1 aromatic heterocycles. The van der Waals surface area contributed by atoms with Gasteiger partial charge in [-0.2, -0.15) is 0 Å². The van der Waals surface area contributed by atoms with Crippen molar-refractivity contribution in [3.63, 3.8) is 0 Å². The Labute approximate surface area is 283 Å². The number of carboxylic acids is 1. The molecule has 0 saturated carbocycles. The smallest absolute Gasteiger partial charge is 0.335 e. The van der Waals surface area contributed by atoms with Crippen LogP contribution in [0.4, 0.5) is 0 Å². The van der Waals surface area contributed by atoms with Crippen LogP contribution < -0.4 is 5.32 Å². The Morgan fingerprint density at radius 1 is 0.812 bits per heavy atom. The number of carbonyl (C=O) groups is 2. The molecule has 5 aromatic rings. The molecule has 9 heteroatoms. The minimum atomic E-state index is -0.951. The first-order chi connectivity index (χ1) is 23.4. The van der Waals surface area contributed by atoms with Crippen LogP contribution in [0.25, 0.3) is 11.1 Å². The van der Waals surface area contributed by atoms with E-state index >= 15 is 0 Å². The second-order valence-electron chi connectivity index (χ2n) is 11.7. The van der Waals surface area contributed by atoms with Crippen LogP contribution in [0.3, 0.4) is 0 Å². The van der Waals surface area contributed by atoms with Crippen molar-refractivity contribution >= 4 is 23.6 Å². The summed E-state index contributed by atoms with van der Waals surface area (Å²) in [4.78, 5) is 28.8. The van der Waals surface area contributed by atoms with Gasteiger partial charge in [-0.05, 0) is 76.3 Å². The minimum absolute atomic E-state index is 0.00811. The average molecular weight is 661 g/mol. The third-order valence-corrected chi connectivity index (χ3v) is 9.54. The lowest BCUT2D eigenvalue weighted by Crippen LogP contribution is -2.38. The van der Waals surface area contributed by atoms with Crippen molar-refractivity contribution < 1.29 is 29.3 Å². The summed E-state index contributed by atoms with van der Waals surface area (Å²) in [6, 6.07) is 34.3. The van der Waals surface area contributed by atoms with Gasteiger partial charge in [-0.3, -0.25) is 9.78 Å². The standard InChI is InChI=1S/C39H36N2O6S/c1-25-35(24-48-34-16-14-29(15-17-34)38(44)45)46-39(47-36(25)28-12-10-26(23-42)11-13-28)32-8-3-7-31(20-32)30-6-2-5-27(19-30)21-41-37(43)33-9-4-18-40-22-33/h2-20,22,25,35-36,39,42H,21,23-24H2,1H3,(H,41,43)(H,44,45)/t25-,35+,36+,39+/m0/s1. The number of aliphatic hydroxyl groups excluding tert-OH is 1. The van der Waals surface area contributed by atoms with Gasteiger partial charge in [-0.1, -0.05) is 67.6 Å². The first-order valence-corrected chi connectivity index (χ1v) is 16.7. The average Bonchev–Trinajstić information content (AvgIpc) is 3.14. The van der Waals surface area contributed by atoms with Crippen LogP contribution in [0.2, 0.25) is 0 Å². The largest absolute Gasteiger partial charge is 0.478 e. The molecule has 1 amide bonds. The molecule has 0 spiro atoms. The Bertz CT molecular complexity index is 1850. The number of nitrogens with one attached hydrogen (secondary N) is 1. The van der Waals surface area contributed by atoms with E-state index in [2.05, 4.69) is 29.4 Å². The Balaban J connectivity index is 1.22. The fourth-order valence-corrected chi connectivity index (χ4v) is 6.76. The molecule has 0 bridgehead atoms. The number of aromatic carboxylic acids is 1. The molecule has 2 heterocycles. The number of rotatable bonds is 11. The quantitative estimate of drug-likeness (QED) is 0.125. The minimum Gasteiger partial charge on any atom is -0.478 e. The summed E-state index contributed by atoms with van der Waals surface area (Å²) >= 11 is 1.62. The molecule has 4 atom stereocenters. The van der Waals surface area contributed by atoms with Gasteiger partial charge in [0, 0.05) is 41.1 Å². The summed E-state index contributed by atoms with van der Waals surface area (Å²) in [5.74, 6) is -0.478. The Morgan fingerprint density at radius 2 is 1.56 bits per heavy atom. The molecule has 4 aromatic carbocycles. The summed E-state index contributed by atoms with van der Waals surface area (Å²) in [6.07, 6.45) is 2.12. The van der Waals surface area contributed by atoms with Gasteiger partial charge in [0.2, 0.25) is 0 Å². The van der Waals surface area contributed by atoms with E-state index in [0.29, 0.717) is 17.9 Å². The molecule has 1 fully saturated rings. The van der Waals surface area contributed by atoms with Crippen LogP contribution in [0.5, 0.6) is 0 Å². The Kier molecular flexibility index (Phi) is 10.6. The van der Waals surface area contributed by atoms with E-state index in [1.807, 2.05) is 72.8 Å². The lowest BCUT2D eigenvalue weighted by molar-refractivity contribution is -0.268. The molecule has 8 nitrogen and oxygen atoms in total. The predicted molar refractivity (Wildman–Crippen MR) is 184 cm³/mol. The second-order valence-corrected chi connectivity index (χ2v) is 12.8. The van der Waals surface area contributed by atoms with Gasteiger partial charge in [-0.25, -0.2) is 4.79 Å². The number of hydrogen-bond acceptors (Lipinski definition) is 7. The van der Waals surface area contributed by atoms with Crippen LogP contribution in [-0.4, -0.2) is 38.9 Å². The zero-order valence-electron chi connectivity index (χ0n) is 26.4. The van der Waals surface area contributed by atoms with Crippen molar-refractivity contribution in [2.75, 3.05) is 5.75 Å². The van der Waals surface area contributed by atoms with E-state index in [9.17, 15) is 19.8 Å². The number of aliphatic hydroxyl groups is 1. The van der Waals surface area contributed by atoms with Gasteiger partial charge in [0.25, 0.3) is 5.91 Å². The van der Waals surface area contributed by atoms with Crippen LogP contribution in [0.15, 0.2) is 126 Å². The van der Waals surface area contributed by atoms with E-state index in [1.54, 1.807) is 48.4 Å². The van der Waals surface area contributed by atoms with Gasteiger partial charge in [-0.15, -0.1) is 11.8 Å². The fourth-order valence-electron chi connectivity index (χ4n) is 5.69. The van der Waals surface area contributed by atoms with Crippen LogP contribution in [0.1, 0.15) is 62.3 Å². The van der Waals surface area contributed by atoms with Crippen LogP contribution in [0, 0.1) is 5.92 Å². The summed E-state index contributed by atoms with van der Waals surface area (Å²) in [7, 11) is 0. The molecule has 1 aliphatic rings. The van der Waals surface area contributed by atoms with Gasteiger partial charge in [0.05, 0.1) is 29.9 Å². The maximum absolute atomic E-state index is 12.6. The Hall–Kier alpha value is -4.80. The number of pyridine rings is 1. The molecule has 1 aliphatic heterocycles. The van der Waals surface area contributed by atoms with E-state index in [1.165, 1.54) is 0 Å². The fraction of sp³-hybridized carbons (Fsp3) is 0.205. The van der Waals surface area contributed by atoms with Crippen molar-refractivity contribution in [1.29, 1.82) is 0 Å². The number of ether oxygens (including phenoxy) is 2. The van der Waals surface area contributed by atoms with Crippen LogP contribution in [-0.2, 0) is 22.6 Å². The molecular weight excluding hydrogens is 625 g/mol. The van der Waals surface area contributed by atoms with Crippen molar-refractivity contribution in [1.82, 2.24) is 10.3 Å². The summed E-state index contributed by atoms with van der Waals surface area (Å²) in [5.41, 5.74) is 6.44. The lowest BCUT2D eigenvalue weighted by Gasteiger charge is -2.41. The summed E-state index contributed by atoms with van der Waals surface area (Å²) < 4.78 is 13.3. The summed E-state index contributed by atoms with van der Waals surface area (Å²) in [5, 5.41) is 21.8. The van der Waals surface area contributed by atoms with Crippen molar-refractivity contribution in [2.24, 2.45) is 5.92 Å². The topological polar surface area (TPSA) is 118 Å². The second kappa shape index (κ2) is 15.4. The highest BCUT2D eigenvalue weighted by molar-refractivity contribution is 7.99. The van der Waals surface area contributed by atoms with Crippen molar-refractivity contribution in [3.8, 4) is 11.1 Å². The number of nitrogens with zero attached hydrogens (tertiary/aromatic N) is 1. The summed E-state index contributed by atoms with van der Waals surface area (Å²) in [6.45, 7) is 2.47. The van der Waals surface area contributed by atoms with Gasteiger partial charge in [0.1, 0.15) is 0 Å². The van der Waals surface area contributed by atoms with Crippen LogP contribution >= 0.6 is 11.8 Å². The van der Waals surface area contributed by atoms with Gasteiger partial charge in [0.15, 0.2) is 6.29 Å². The highest BCUT2D eigenvalue weighted by atomic mass is 32.2. The number of hydrogen-bond donors (Lipinski definition) is 3. The molecular formula is C39H36N2O6S. The highest BCUT2D eigenvalue weighted by Gasteiger charge is 2.38. The molecule has 3 N–H and O–H groups in total.